The summed E-state index contributed by atoms with van der Waals surface area (Å²) in [6.07, 6.45) is -5.10. The fraction of sp³-hybridized carbons (Fsp3) is 0.312. The number of carbonyl (C=O) groups is 2. The van der Waals surface area contributed by atoms with E-state index in [4.69, 9.17) is 0 Å². The van der Waals surface area contributed by atoms with Gasteiger partial charge in [-0.15, -0.1) is 0 Å². The van der Waals surface area contributed by atoms with Crippen molar-refractivity contribution in [2.24, 2.45) is 10.9 Å². The molecule has 0 saturated carbocycles. The molecule has 0 fully saturated rings. The van der Waals surface area contributed by atoms with Crippen LogP contribution in [0.1, 0.15) is 18.4 Å². The van der Waals surface area contributed by atoms with Gasteiger partial charge in [-0.25, -0.2) is 4.79 Å². The smallest absolute Gasteiger partial charge is 0.433 e. The number of ether oxygens (including phenoxy) is 1. The number of hydrogen-bond acceptors (Lipinski definition) is 6. The fourth-order valence-electron chi connectivity index (χ4n) is 2.94. The number of hydrogen-bond donors (Lipinski definition) is 1. The summed E-state index contributed by atoms with van der Waals surface area (Å²) in [7, 11) is 0.990. The minimum absolute atomic E-state index is 0.145. The molecule has 0 aromatic heterocycles. The highest BCUT2D eigenvalue weighted by molar-refractivity contribution is 6.06. The van der Waals surface area contributed by atoms with E-state index in [9.17, 15) is 38.0 Å². The van der Waals surface area contributed by atoms with Crippen molar-refractivity contribution in [3.8, 4) is 0 Å². The first-order valence-electron chi connectivity index (χ1n) is 7.41. The van der Waals surface area contributed by atoms with Crippen LogP contribution in [-0.4, -0.2) is 41.0 Å². The van der Waals surface area contributed by atoms with Crippen molar-refractivity contribution >= 4 is 23.3 Å². The summed E-state index contributed by atoms with van der Waals surface area (Å²) in [6.45, 7) is 1.14. The van der Waals surface area contributed by atoms with Crippen LogP contribution in [0.2, 0.25) is 0 Å². The van der Waals surface area contributed by atoms with Gasteiger partial charge in [0, 0.05) is 23.8 Å². The molecule has 0 aliphatic carbocycles. The van der Waals surface area contributed by atoms with Crippen LogP contribution >= 0.6 is 0 Å². The molecule has 0 spiro atoms. The zero-order chi connectivity index (χ0) is 20.5. The van der Waals surface area contributed by atoms with Gasteiger partial charge in [0.15, 0.2) is 5.70 Å². The number of carboxylic acids is 1. The third-order valence-corrected chi connectivity index (χ3v) is 4.03. The van der Waals surface area contributed by atoms with Crippen LogP contribution in [0.5, 0.6) is 0 Å². The number of allylic oxidation sites excluding steroid dienone is 1. The van der Waals surface area contributed by atoms with Gasteiger partial charge in [-0.05, 0) is 12.5 Å². The van der Waals surface area contributed by atoms with Crippen LogP contribution in [0.3, 0.4) is 0 Å². The van der Waals surface area contributed by atoms with E-state index >= 15 is 0 Å². The number of carbonyl (C=O) groups excluding carboxylic acids is 1. The third kappa shape index (κ3) is 3.81. The molecule has 1 heterocycles. The molecule has 2 atom stereocenters. The predicted octanol–water partition coefficient (Wildman–Crippen LogP) is 2.84. The maximum Gasteiger partial charge on any atom is 0.433 e. The summed E-state index contributed by atoms with van der Waals surface area (Å²) >= 11 is 0. The molecule has 0 bridgehead atoms. The summed E-state index contributed by atoms with van der Waals surface area (Å²) < 4.78 is 44.7. The Kier molecular flexibility index (Phi) is 5.33. The Morgan fingerprint density at radius 3 is 2.44 bits per heavy atom. The van der Waals surface area contributed by atoms with Gasteiger partial charge in [-0.1, -0.05) is 12.1 Å². The van der Waals surface area contributed by atoms with Crippen LogP contribution in [0, 0.1) is 16.0 Å². The number of aliphatic imine (C=N–C) groups is 1. The van der Waals surface area contributed by atoms with E-state index in [0.717, 1.165) is 26.2 Å². The zero-order valence-electron chi connectivity index (χ0n) is 14.0. The summed E-state index contributed by atoms with van der Waals surface area (Å²) in [5.74, 6) is -6.09. The second kappa shape index (κ2) is 7.17. The molecule has 2 unspecified atom stereocenters. The Bertz CT molecular complexity index is 875. The van der Waals surface area contributed by atoms with E-state index in [2.05, 4.69) is 9.73 Å². The number of esters is 1. The van der Waals surface area contributed by atoms with E-state index in [1.54, 1.807) is 0 Å². The summed E-state index contributed by atoms with van der Waals surface area (Å²) in [6, 6.07) is 4.42. The number of non-ortho nitro benzene ring substituents is 1. The summed E-state index contributed by atoms with van der Waals surface area (Å²) in [5, 5.41) is 20.4. The van der Waals surface area contributed by atoms with Gasteiger partial charge >= 0.3 is 18.1 Å². The maximum atomic E-state index is 13.4. The Morgan fingerprint density at radius 1 is 1.33 bits per heavy atom. The van der Waals surface area contributed by atoms with Crippen LogP contribution in [0.15, 0.2) is 40.5 Å². The van der Waals surface area contributed by atoms with E-state index in [1.807, 2.05) is 0 Å². The molecule has 1 N–H and O–H groups in total. The highest BCUT2D eigenvalue weighted by Crippen LogP contribution is 2.44. The quantitative estimate of drug-likeness (QED) is 0.483. The van der Waals surface area contributed by atoms with E-state index in [0.29, 0.717) is 0 Å². The topological polar surface area (TPSA) is 119 Å². The SMILES string of the molecule is COC(=O)C1C(C)=NC(C(F)(F)F)=C(C(=O)O)C1c1cccc([N+](=O)[O-])c1. The molecule has 1 aliphatic rings. The first kappa shape index (κ1) is 20.1. The zero-order valence-corrected chi connectivity index (χ0v) is 14.0. The number of rotatable bonds is 4. The van der Waals surface area contributed by atoms with Crippen molar-refractivity contribution in [1.82, 2.24) is 0 Å². The molecule has 11 heteroatoms. The van der Waals surface area contributed by atoms with Crippen molar-refractivity contribution in [3.05, 3.63) is 51.2 Å². The van der Waals surface area contributed by atoms with E-state index in [-0.39, 0.29) is 11.3 Å². The summed E-state index contributed by atoms with van der Waals surface area (Å²) in [5.41, 5.74) is -3.76. The molecule has 1 aliphatic heterocycles. The first-order chi connectivity index (χ1) is 12.5. The lowest BCUT2D eigenvalue weighted by Crippen LogP contribution is -2.38. The number of halogens is 3. The first-order valence-corrected chi connectivity index (χ1v) is 7.41. The van der Waals surface area contributed by atoms with Gasteiger partial charge in [-0.2, -0.15) is 13.2 Å². The van der Waals surface area contributed by atoms with Crippen molar-refractivity contribution in [3.63, 3.8) is 0 Å². The number of nitro groups is 1. The van der Waals surface area contributed by atoms with Crippen LogP contribution in [-0.2, 0) is 14.3 Å². The molecular weight excluding hydrogens is 373 g/mol. The van der Waals surface area contributed by atoms with Gasteiger partial charge in [0.05, 0.1) is 17.6 Å². The average molecular weight is 386 g/mol. The number of benzene rings is 1. The van der Waals surface area contributed by atoms with Gasteiger partial charge in [0.1, 0.15) is 5.92 Å². The predicted molar refractivity (Wildman–Crippen MR) is 85.2 cm³/mol. The van der Waals surface area contributed by atoms with E-state index < -0.39 is 51.8 Å². The number of carboxylic acid groups (broad SMARTS) is 1. The molecule has 8 nitrogen and oxygen atoms in total. The maximum absolute atomic E-state index is 13.4. The molecular formula is C16H13F3N2O6. The minimum atomic E-state index is -5.10. The standard InChI is InChI=1S/C16H13F3N2O6/c1-7-10(15(24)27-2)11(8-4-3-5-9(6-8)21(25)26)12(14(22)23)13(20-7)16(17,18)19/h3-6,10-11H,1-2H3,(H,22,23). The molecule has 2 rings (SSSR count). The second-order valence-electron chi connectivity index (χ2n) is 5.65. The largest absolute Gasteiger partial charge is 0.478 e. The molecule has 1 aromatic rings. The number of methoxy groups -OCH3 is 1. The monoisotopic (exact) mass is 386 g/mol. The lowest BCUT2D eigenvalue weighted by atomic mass is 9.75. The third-order valence-electron chi connectivity index (χ3n) is 4.03. The normalized spacial score (nSPS) is 20.1. The van der Waals surface area contributed by atoms with Crippen molar-refractivity contribution in [2.45, 2.75) is 19.0 Å². The highest BCUT2D eigenvalue weighted by atomic mass is 19.4. The average Bonchev–Trinajstić information content (AvgIpc) is 2.59. The second-order valence-corrected chi connectivity index (χ2v) is 5.65. The number of aliphatic carboxylic acids is 1. The lowest BCUT2D eigenvalue weighted by molar-refractivity contribution is -0.384. The molecule has 0 radical (unpaired) electrons. The fourth-order valence-corrected chi connectivity index (χ4v) is 2.94. The highest BCUT2D eigenvalue weighted by Gasteiger charge is 2.49. The Labute approximate surface area is 150 Å². The van der Waals surface area contributed by atoms with Crippen molar-refractivity contribution in [1.29, 1.82) is 0 Å². The molecule has 1 aromatic carbocycles. The van der Waals surface area contributed by atoms with Gasteiger partial charge in [0.25, 0.3) is 5.69 Å². The number of nitrogens with zero attached hydrogens (tertiary/aromatic N) is 2. The van der Waals surface area contributed by atoms with Gasteiger partial charge < -0.3 is 9.84 Å². The minimum Gasteiger partial charge on any atom is -0.478 e. The summed E-state index contributed by atoms with van der Waals surface area (Å²) in [4.78, 5) is 37.3. The van der Waals surface area contributed by atoms with E-state index in [1.165, 1.54) is 12.1 Å². The van der Waals surface area contributed by atoms with Crippen LogP contribution in [0.25, 0.3) is 0 Å². The van der Waals surface area contributed by atoms with Crippen LogP contribution < -0.4 is 0 Å². The molecule has 0 amide bonds. The Balaban J connectivity index is 2.83. The Morgan fingerprint density at radius 2 is 1.96 bits per heavy atom. The van der Waals surface area contributed by atoms with Crippen molar-refractivity contribution < 1.29 is 37.5 Å². The lowest BCUT2D eigenvalue weighted by Gasteiger charge is -2.31. The Hall–Kier alpha value is -3.24. The molecule has 144 valence electrons. The van der Waals surface area contributed by atoms with Crippen molar-refractivity contribution in [2.75, 3.05) is 7.11 Å². The number of alkyl halides is 3. The molecule has 0 saturated heterocycles. The molecule has 27 heavy (non-hydrogen) atoms. The van der Waals surface area contributed by atoms with Crippen LogP contribution in [0.4, 0.5) is 18.9 Å². The van der Waals surface area contributed by atoms with Gasteiger partial charge in [0.2, 0.25) is 0 Å². The number of nitro benzene ring substituents is 1. The van der Waals surface area contributed by atoms with Gasteiger partial charge in [-0.3, -0.25) is 19.9 Å².